The average molecular weight is 166 g/mol. The van der Waals surface area contributed by atoms with Gasteiger partial charge in [-0.2, -0.15) is 0 Å². The number of unbranched alkanes of at least 4 members (excludes halogenated alkanes) is 1. The molecule has 2 nitrogen and oxygen atoms in total. The largest absolute Gasteiger partial charge is 0.229 e. The Morgan fingerprint density at radius 2 is 1.20 bits per heavy atom. The maximum absolute atomic E-state index is 10.0. The van der Waals surface area contributed by atoms with Gasteiger partial charge in [-0.25, -0.2) is 8.42 Å². The zero-order valence-electron chi connectivity index (χ0n) is 7.35. The molecule has 0 N–H and O–H groups in total. The van der Waals surface area contributed by atoms with Crippen LogP contribution in [0.25, 0.3) is 0 Å². The highest BCUT2D eigenvalue weighted by Gasteiger charge is 1.90. The normalized spacial score (nSPS) is 10.0. The minimum Gasteiger partial charge on any atom is -0.229 e. The van der Waals surface area contributed by atoms with Crippen LogP contribution in [0.4, 0.5) is 0 Å². The molecule has 0 aliphatic heterocycles. The Balaban J connectivity index is 0. The summed E-state index contributed by atoms with van der Waals surface area (Å²) in [5.74, 6) is 0.243. The summed E-state index contributed by atoms with van der Waals surface area (Å²) in [7, 11) is -2.66. The molecule has 0 bridgehead atoms. The molecule has 0 rings (SSSR count). The minimum absolute atomic E-state index is 0.243. The fraction of sp³-hybridized carbons (Fsp3) is 1.00. The van der Waals surface area contributed by atoms with Gasteiger partial charge in [0, 0.05) is 12.0 Å². The lowest BCUT2D eigenvalue weighted by atomic mass is 10.4. The molecule has 0 fully saturated rings. The summed E-state index contributed by atoms with van der Waals surface area (Å²) in [6.45, 7) is 5.98. The Morgan fingerprint density at radius 3 is 1.20 bits per heavy atom. The molecule has 0 aliphatic carbocycles. The molecular formula is C7H18O2S. The molecule has 0 spiro atoms. The van der Waals surface area contributed by atoms with Gasteiger partial charge in [0.15, 0.2) is 0 Å². The quantitative estimate of drug-likeness (QED) is 0.627. The Bertz CT molecular complexity index is 134. The predicted molar refractivity (Wildman–Crippen MR) is 46.0 cm³/mol. The summed E-state index contributed by atoms with van der Waals surface area (Å²) in [4.78, 5) is 0. The second-order valence-electron chi connectivity index (χ2n) is 2.21. The van der Waals surface area contributed by atoms with Gasteiger partial charge in [0.1, 0.15) is 9.84 Å². The molecule has 0 aliphatic rings. The summed E-state index contributed by atoms with van der Waals surface area (Å²) in [6.07, 6.45) is 3.85. The van der Waals surface area contributed by atoms with Crippen molar-refractivity contribution >= 4 is 9.84 Å². The molecular weight excluding hydrogens is 148 g/mol. The van der Waals surface area contributed by atoms with Crippen LogP contribution in [-0.2, 0) is 9.84 Å². The van der Waals surface area contributed by atoms with E-state index in [0.29, 0.717) is 0 Å². The highest BCUT2D eigenvalue weighted by Crippen LogP contribution is 1.76. The summed E-state index contributed by atoms with van der Waals surface area (Å²) in [6, 6.07) is 0. The molecule has 0 radical (unpaired) electrons. The molecule has 0 amide bonds. The van der Waals surface area contributed by atoms with Gasteiger partial charge in [-0.1, -0.05) is 33.6 Å². The maximum atomic E-state index is 10.0. The van der Waals surface area contributed by atoms with E-state index in [1.54, 1.807) is 6.92 Å². The van der Waals surface area contributed by atoms with E-state index in [2.05, 4.69) is 13.8 Å². The molecule has 64 valence electrons. The van der Waals surface area contributed by atoms with Crippen molar-refractivity contribution in [2.45, 2.75) is 33.6 Å². The van der Waals surface area contributed by atoms with Crippen LogP contribution in [-0.4, -0.2) is 20.4 Å². The first-order valence-corrected chi connectivity index (χ1v) is 5.71. The van der Waals surface area contributed by atoms with Gasteiger partial charge < -0.3 is 0 Å². The van der Waals surface area contributed by atoms with Gasteiger partial charge in [-0.3, -0.25) is 0 Å². The van der Waals surface area contributed by atoms with Crippen LogP contribution < -0.4 is 0 Å². The third-order valence-corrected chi connectivity index (χ3v) is 2.07. The van der Waals surface area contributed by atoms with E-state index in [-0.39, 0.29) is 5.75 Å². The minimum atomic E-state index is -2.66. The lowest BCUT2D eigenvalue weighted by molar-refractivity contribution is 0.603. The van der Waals surface area contributed by atoms with E-state index in [1.807, 2.05) is 0 Å². The molecule has 0 saturated carbocycles. The average Bonchev–Trinajstić information content (AvgIpc) is 1.87. The van der Waals surface area contributed by atoms with Crippen LogP contribution in [0, 0.1) is 0 Å². The number of rotatable bonds is 2. The summed E-state index contributed by atoms with van der Waals surface area (Å²) < 4.78 is 20.0. The van der Waals surface area contributed by atoms with Crippen molar-refractivity contribution in [2.75, 3.05) is 12.0 Å². The Labute approximate surface area is 64.6 Å². The Morgan fingerprint density at radius 1 is 1.00 bits per heavy atom. The fourth-order valence-electron chi connectivity index (χ4n) is 0. The maximum Gasteiger partial charge on any atom is 0.147 e. The molecule has 0 heterocycles. The van der Waals surface area contributed by atoms with E-state index in [1.165, 1.54) is 19.1 Å². The first-order chi connectivity index (χ1) is 4.47. The SMILES string of the molecule is CCCC.CCS(C)(=O)=O. The molecule has 0 unspecified atom stereocenters. The van der Waals surface area contributed by atoms with Crippen molar-refractivity contribution in [3.05, 3.63) is 0 Å². The van der Waals surface area contributed by atoms with Gasteiger partial charge in [0.2, 0.25) is 0 Å². The van der Waals surface area contributed by atoms with Crippen LogP contribution >= 0.6 is 0 Å². The second-order valence-corrected chi connectivity index (χ2v) is 4.64. The van der Waals surface area contributed by atoms with Gasteiger partial charge in [0.25, 0.3) is 0 Å². The summed E-state index contributed by atoms with van der Waals surface area (Å²) >= 11 is 0. The predicted octanol–water partition coefficient (Wildman–Crippen LogP) is 1.86. The van der Waals surface area contributed by atoms with Crippen molar-refractivity contribution in [1.82, 2.24) is 0 Å². The molecule has 0 aromatic heterocycles. The molecule has 3 heteroatoms. The lowest BCUT2D eigenvalue weighted by Crippen LogP contribution is -1.96. The monoisotopic (exact) mass is 166 g/mol. The van der Waals surface area contributed by atoms with Crippen LogP contribution in [0.15, 0.2) is 0 Å². The smallest absolute Gasteiger partial charge is 0.147 e. The molecule has 0 aromatic rings. The zero-order valence-corrected chi connectivity index (χ0v) is 8.16. The Kier molecular flexibility index (Phi) is 8.91. The standard InChI is InChI=1S/C4H10.C3H8O2S/c1-3-4-2;1-3-6(2,4)5/h3-4H2,1-2H3;3H2,1-2H3. The van der Waals surface area contributed by atoms with Crippen LogP contribution in [0.3, 0.4) is 0 Å². The van der Waals surface area contributed by atoms with Crippen molar-refractivity contribution in [2.24, 2.45) is 0 Å². The molecule has 0 aromatic carbocycles. The highest BCUT2D eigenvalue weighted by molar-refractivity contribution is 7.90. The van der Waals surface area contributed by atoms with Crippen LogP contribution in [0.1, 0.15) is 33.6 Å². The van der Waals surface area contributed by atoms with E-state index in [4.69, 9.17) is 0 Å². The third kappa shape index (κ3) is 24.6. The van der Waals surface area contributed by atoms with Gasteiger partial charge in [-0.05, 0) is 0 Å². The number of hydrogen-bond acceptors (Lipinski definition) is 2. The van der Waals surface area contributed by atoms with Gasteiger partial charge in [0.05, 0.1) is 0 Å². The second kappa shape index (κ2) is 7.06. The third-order valence-electron chi connectivity index (χ3n) is 1.02. The molecule has 10 heavy (non-hydrogen) atoms. The van der Waals surface area contributed by atoms with Gasteiger partial charge >= 0.3 is 0 Å². The Hall–Kier alpha value is -0.0500. The van der Waals surface area contributed by atoms with E-state index in [0.717, 1.165) is 0 Å². The van der Waals surface area contributed by atoms with E-state index < -0.39 is 9.84 Å². The summed E-state index contributed by atoms with van der Waals surface area (Å²) in [5, 5.41) is 0. The number of sulfone groups is 1. The van der Waals surface area contributed by atoms with Gasteiger partial charge in [-0.15, -0.1) is 0 Å². The van der Waals surface area contributed by atoms with E-state index >= 15 is 0 Å². The topological polar surface area (TPSA) is 34.1 Å². The highest BCUT2D eigenvalue weighted by atomic mass is 32.2. The summed E-state index contributed by atoms with van der Waals surface area (Å²) in [5.41, 5.74) is 0. The first kappa shape index (κ1) is 12.6. The van der Waals surface area contributed by atoms with E-state index in [9.17, 15) is 8.42 Å². The lowest BCUT2D eigenvalue weighted by Gasteiger charge is -1.81. The first-order valence-electron chi connectivity index (χ1n) is 3.65. The van der Waals surface area contributed by atoms with Crippen molar-refractivity contribution in [3.63, 3.8) is 0 Å². The van der Waals surface area contributed by atoms with Crippen LogP contribution in [0.5, 0.6) is 0 Å². The van der Waals surface area contributed by atoms with Crippen molar-refractivity contribution in [1.29, 1.82) is 0 Å². The van der Waals surface area contributed by atoms with Crippen molar-refractivity contribution in [3.8, 4) is 0 Å². The molecule has 0 saturated heterocycles. The van der Waals surface area contributed by atoms with Crippen molar-refractivity contribution < 1.29 is 8.42 Å². The fourth-order valence-corrected chi connectivity index (χ4v) is 0. The zero-order chi connectivity index (χ0) is 8.62. The molecule has 0 atom stereocenters. The number of hydrogen-bond donors (Lipinski definition) is 0. The van der Waals surface area contributed by atoms with Crippen LogP contribution in [0.2, 0.25) is 0 Å².